The molecule has 1 aromatic rings. The van der Waals surface area contributed by atoms with Crippen LogP contribution in [0.3, 0.4) is 0 Å². The van der Waals surface area contributed by atoms with Gasteiger partial charge in [-0.25, -0.2) is 0 Å². The maximum absolute atomic E-state index is 6.05. The van der Waals surface area contributed by atoms with Crippen molar-refractivity contribution in [2.45, 2.75) is 58.0 Å². The molecular weight excluding hydrogens is 322 g/mol. The molecule has 1 saturated carbocycles. The van der Waals surface area contributed by atoms with Crippen LogP contribution in [0.1, 0.15) is 51.0 Å². The summed E-state index contributed by atoms with van der Waals surface area (Å²) in [6.45, 7) is 3.22. The molecule has 1 atom stereocenters. The lowest BCUT2D eigenvalue weighted by atomic mass is 9.93. The van der Waals surface area contributed by atoms with Crippen LogP contribution in [-0.2, 0) is 6.54 Å². The quantitative estimate of drug-likeness (QED) is 0.706. The lowest BCUT2D eigenvalue weighted by molar-refractivity contribution is 0.336. The topological polar surface area (TPSA) is 12.0 Å². The standard InChI is InChI=1S/C16H23BrClN/c1-12(13-6-4-2-3-5-7-13)19-11-14-10-15(18)8-9-16(14)17/h8-10,12-13,19H,2-7,11H2,1H3/t12-/m0/s1. The van der Waals surface area contributed by atoms with Crippen LogP contribution in [-0.4, -0.2) is 6.04 Å². The van der Waals surface area contributed by atoms with Crippen molar-refractivity contribution in [3.63, 3.8) is 0 Å². The van der Waals surface area contributed by atoms with Crippen molar-refractivity contribution in [1.29, 1.82) is 0 Å². The second-order valence-electron chi connectivity index (χ2n) is 5.66. The van der Waals surface area contributed by atoms with Crippen molar-refractivity contribution in [1.82, 2.24) is 5.32 Å². The van der Waals surface area contributed by atoms with Crippen molar-refractivity contribution >= 4 is 27.5 Å². The molecule has 1 aliphatic rings. The SMILES string of the molecule is C[C@H](NCc1cc(Cl)ccc1Br)C1CCCCCC1. The molecule has 0 saturated heterocycles. The molecule has 19 heavy (non-hydrogen) atoms. The number of benzene rings is 1. The van der Waals surface area contributed by atoms with E-state index in [9.17, 15) is 0 Å². The lowest BCUT2D eigenvalue weighted by Crippen LogP contribution is -2.33. The van der Waals surface area contributed by atoms with E-state index in [0.717, 1.165) is 22.0 Å². The average Bonchev–Trinajstić information content (AvgIpc) is 2.68. The molecule has 0 spiro atoms. The third-order valence-electron chi connectivity index (χ3n) is 4.23. The Morgan fingerprint density at radius 3 is 2.63 bits per heavy atom. The summed E-state index contributed by atoms with van der Waals surface area (Å²) in [5, 5.41) is 4.48. The Bertz CT molecular complexity index is 400. The highest BCUT2D eigenvalue weighted by Gasteiger charge is 2.18. The first-order chi connectivity index (χ1) is 9.16. The fourth-order valence-corrected chi connectivity index (χ4v) is 3.51. The first kappa shape index (κ1) is 15.3. The van der Waals surface area contributed by atoms with Gasteiger partial charge in [0, 0.05) is 22.1 Å². The summed E-state index contributed by atoms with van der Waals surface area (Å²) in [6, 6.07) is 6.57. The minimum atomic E-state index is 0.587. The van der Waals surface area contributed by atoms with Crippen LogP contribution in [0.15, 0.2) is 22.7 Å². The van der Waals surface area contributed by atoms with E-state index in [0.29, 0.717) is 6.04 Å². The van der Waals surface area contributed by atoms with E-state index in [4.69, 9.17) is 11.6 Å². The molecule has 0 aromatic heterocycles. The third kappa shape index (κ3) is 4.77. The van der Waals surface area contributed by atoms with Crippen LogP contribution >= 0.6 is 27.5 Å². The Morgan fingerprint density at radius 1 is 1.26 bits per heavy atom. The van der Waals surface area contributed by atoms with E-state index in [1.54, 1.807) is 0 Å². The Morgan fingerprint density at radius 2 is 1.95 bits per heavy atom. The Hall–Kier alpha value is -0.0500. The first-order valence-corrected chi connectivity index (χ1v) is 8.51. The van der Waals surface area contributed by atoms with Crippen molar-refractivity contribution in [2.24, 2.45) is 5.92 Å². The second-order valence-corrected chi connectivity index (χ2v) is 6.95. The molecule has 1 aromatic carbocycles. The summed E-state index contributed by atoms with van der Waals surface area (Å²) < 4.78 is 1.14. The molecule has 1 aliphatic carbocycles. The lowest BCUT2D eigenvalue weighted by Gasteiger charge is -2.24. The van der Waals surface area contributed by atoms with Gasteiger partial charge in [-0.15, -0.1) is 0 Å². The molecule has 3 heteroatoms. The van der Waals surface area contributed by atoms with Gasteiger partial charge in [-0.2, -0.15) is 0 Å². The summed E-state index contributed by atoms with van der Waals surface area (Å²) in [5.41, 5.74) is 1.24. The molecule has 106 valence electrons. The average molecular weight is 345 g/mol. The zero-order chi connectivity index (χ0) is 13.7. The molecule has 0 bridgehead atoms. The molecule has 0 heterocycles. The van der Waals surface area contributed by atoms with Gasteiger partial charge in [0.15, 0.2) is 0 Å². The Labute approximate surface area is 130 Å². The van der Waals surface area contributed by atoms with Crippen LogP contribution in [0, 0.1) is 5.92 Å². The van der Waals surface area contributed by atoms with Crippen LogP contribution in [0.5, 0.6) is 0 Å². The van der Waals surface area contributed by atoms with Gasteiger partial charge >= 0.3 is 0 Å². The number of hydrogen-bond acceptors (Lipinski definition) is 1. The molecule has 1 N–H and O–H groups in total. The highest BCUT2D eigenvalue weighted by molar-refractivity contribution is 9.10. The van der Waals surface area contributed by atoms with Gasteiger partial charge in [-0.3, -0.25) is 0 Å². The molecule has 0 amide bonds. The predicted octanol–water partition coefficient (Wildman–Crippen LogP) is 5.55. The zero-order valence-electron chi connectivity index (χ0n) is 11.6. The van der Waals surface area contributed by atoms with Gasteiger partial charge in [0.25, 0.3) is 0 Å². The Balaban J connectivity index is 1.88. The van der Waals surface area contributed by atoms with Gasteiger partial charge in [-0.05, 0) is 49.4 Å². The van der Waals surface area contributed by atoms with E-state index < -0.39 is 0 Å². The number of rotatable bonds is 4. The molecule has 2 rings (SSSR count). The van der Waals surface area contributed by atoms with Crippen LogP contribution in [0.4, 0.5) is 0 Å². The van der Waals surface area contributed by atoms with Crippen LogP contribution in [0.25, 0.3) is 0 Å². The fraction of sp³-hybridized carbons (Fsp3) is 0.625. The number of halogens is 2. The molecule has 1 nitrogen and oxygen atoms in total. The highest BCUT2D eigenvalue weighted by Crippen LogP contribution is 2.26. The van der Waals surface area contributed by atoms with Crippen LogP contribution in [0.2, 0.25) is 5.02 Å². The van der Waals surface area contributed by atoms with Gasteiger partial charge < -0.3 is 5.32 Å². The summed E-state index contributed by atoms with van der Waals surface area (Å²) in [4.78, 5) is 0. The summed E-state index contributed by atoms with van der Waals surface area (Å²) in [5.74, 6) is 0.834. The van der Waals surface area contributed by atoms with Crippen molar-refractivity contribution in [2.75, 3.05) is 0 Å². The van der Waals surface area contributed by atoms with E-state index in [-0.39, 0.29) is 0 Å². The third-order valence-corrected chi connectivity index (χ3v) is 5.24. The fourth-order valence-electron chi connectivity index (χ4n) is 2.93. The second kappa shape index (κ2) is 7.66. The van der Waals surface area contributed by atoms with Gasteiger partial charge in [0.05, 0.1) is 0 Å². The smallest absolute Gasteiger partial charge is 0.0410 e. The van der Waals surface area contributed by atoms with E-state index in [1.165, 1.54) is 44.1 Å². The minimum Gasteiger partial charge on any atom is -0.310 e. The van der Waals surface area contributed by atoms with E-state index in [2.05, 4.69) is 28.2 Å². The summed E-state index contributed by atoms with van der Waals surface area (Å²) in [7, 11) is 0. The largest absolute Gasteiger partial charge is 0.310 e. The van der Waals surface area contributed by atoms with Crippen LogP contribution < -0.4 is 5.32 Å². The molecule has 1 fully saturated rings. The Kier molecular flexibility index (Phi) is 6.18. The number of hydrogen-bond donors (Lipinski definition) is 1. The monoisotopic (exact) mass is 343 g/mol. The van der Waals surface area contributed by atoms with E-state index >= 15 is 0 Å². The van der Waals surface area contributed by atoms with E-state index in [1.807, 2.05) is 18.2 Å². The predicted molar refractivity (Wildman–Crippen MR) is 86.6 cm³/mol. The summed E-state index contributed by atoms with van der Waals surface area (Å²) in [6.07, 6.45) is 8.40. The van der Waals surface area contributed by atoms with Crippen molar-refractivity contribution in [3.05, 3.63) is 33.3 Å². The minimum absolute atomic E-state index is 0.587. The normalized spacial score (nSPS) is 19.1. The highest BCUT2D eigenvalue weighted by atomic mass is 79.9. The molecular formula is C16H23BrClN. The summed E-state index contributed by atoms with van der Waals surface area (Å²) >= 11 is 9.64. The zero-order valence-corrected chi connectivity index (χ0v) is 13.9. The molecule has 0 unspecified atom stereocenters. The number of nitrogens with one attached hydrogen (secondary N) is 1. The van der Waals surface area contributed by atoms with Crippen molar-refractivity contribution < 1.29 is 0 Å². The van der Waals surface area contributed by atoms with Crippen molar-refractivity contribution in [3.8, 4) is 0 Å². The molecule has 0 aliphatic heterocycles. The maximum Gasteiger partial charge on any atom is 0.0410 e. The maximum atomic E-state index is 6.05. The molecule has 0 radical (unpaired) electrons. The first-order valence-electron chi connectivity index (χ1n) is 7.34. The van der Waals surface area contributed by atoms with Gasteiger partial charge in [0.2, 0.25) is 0 Å². The van der Waals surface area contributed by atoms with Gasteiger partial charge in [0.1, 0.15) is 0 Å². The van der Waals surface area contributed by atoms with Gasteiger partial charge in [-0.1, -0.05) is 53.2 Å².